The second kappa shape index (κ2) is 7.78. The van der Waals surface area contributed by atoms with E-state index in [0.717, 1.165) is 11.4 Å². The zero-order valence-electron chi connectivity index (χ0n) is 12.3. The number of hydrogen-bond acceptors (Lipinski definition) is 3. The van der Waals surface area contributed by atoms with Gasteiger partial charge in [-0.15, -0.1) is 0 Å². The summed E-state index contributed by atoms with van der Waals surface area (Å²) in [5.41, 5.74) is 2.22. The minimum absolute atomic E-state index is 0.147. The number of benzene rings is 1. The lowest BCUT2D eigenvalue weighted by molar-refractivity contribution is -0.116. The summed E-state index contributed by atoms with van der Waals surface area (Å²) >= 11 is 0. The first-order valence-electron chi connectivity index (χ1n) is 6.96. The number of pyridine rings is 1. The third kappa shape index (κ3) is 5.24. The molecule has 2 rings (SSSR count). The molecule has 3 N–H and O–H groups in total. The number of carbonyl (C=O) groups excluding carboxylic acids is 2. The largest absolute Gasteiger partial charge is 0.337 e. The summed E-state index contributed by atoms with van der Waals surface area (Å²) in [6.07, 6.45) is 1.83. The lowest BCUT2D eigenvalue weighted by atomic mass is 10.3. The molecule has 0 aliphatic rings. The normalized spacial score (nSPS) is 9.86. The van der Waals surface area contributed by atoms with Gasteiger partial charge in [0.05, 0.1) is 0 Å². The average molecular weight is 298 g/mol. The summed E-state index contributed by atoms with van der Waals surface area (Å²) in [6, 6.07) is 12.3. The second-order valence-corrected chi connectivity index (χ2v) is 4.73. The van der Waals surface area contributed by atoms with Gasteiger partial charge in [0.2, 0.25) is 5.91 Å². The number of nitrogens with zero attached hydrogens (tertiary/aromatic N) is 1. The summed E-state index contributed by atoms with van der Waals surface area (Å²) in [5.74, 6) is -0.147. The molecule has 0 unspecified atom stereocenters. The molecule has 2 aromatic rings. The van der Waals surface area contributed by atoms with Crippen molar-refractivity contribution in [3.8, 4) is 0 Å². The molecule has 1 aromatic heterocycles. The van der Waals surface area contributed by atoms with Crippen LogP contribution in [0.25, 0.3) is 0 Å². The average Bonchev–Trinajstić information content (AvgIpc) is 2.48. The summed E-state index contributed by atoms with van der Waals surface area (Å²) in [7, 11) is 0. The highest BCUT2D eigenvalue weighted by Gasteiger charge is 2.05. The Labute approximate surface area is 129 Å². The van der Waals surface area contributed by atoms with E-state index in [1.807, 2.05) is 37.3 Å². The highest BCUT2D eigenvalue weighted by molar-refractivity contribution is 5.92. The van der Waals surface area contributed by atoms with Gasteiger partial charge in [-0.2, -0.15) is 0 Å². The Kier molecular flexibility index (Phi) is 5.48. The maximum Gasteiger partial charge on any atom is 0.319 e. The Morgan fingerprint density at radius 2 is 1.82 bits per heavy atom. The maximum atomic E-state index is 11.7. The fourth-order valence-electron chi connectivity index (χ4n) is 1.83. The summed E-state index contributed by atoms with van der Waals surface area (Å²) in [6.45, 7) is 2.10. The Morgan fingerprint density at radius 3 is 2.55 bits per heavy atom. The van der Waals surface area contributed by atoms with Crippen molar-refractivity contribution in [3.05, 3.63) is 54.4 Å². The van der Waals surface area contributed by atoms with Crippen molar-refractivity contribution >= 4 is 23.3 Å². The smallest absolute Gasteiger partial charge is 0.319 e. The van der Waals surface area contributed by atoms with Gasteiger partial charge < -0.3 is 16.0 Å². The van der Waals surface area contributed by atoms with Crippen LogP contribution in [-0.4, -0.2) is 23.5 Å². The topological polar surface area (TPSA) is 83.1 Å². The van der Waals surface area contributed by atoms with Gasteiger partial charge in [0.15, 0.2) is 0 Å². The minimum atomic E-state index is -0.349. The lowest BCUT2D eigenvalue weighted by Gasteiger charge is -2.08. The van der Waals surface area contributed by atoms with E-state index in [4.69, 9.17) is 0 Å². The van der Waals surface area contributed by atoms with Crippen LogP contribution in [0.1, 0.15) is 12.1 Å². The van der Waals surface area contributed by atoms with Gasteiger partial charge >= 0.3 is 6.03 Å². The quantitative estimate of drug-likeness (QED) is 0.793. The monoisotopic (exact) mass is 298 g/mol. The van der Waals surface area contributed by atoms with E-state index >= 15 is 0 Å². The van der Waals surface area contributed by atoms with Crippen LogP contribution in [0.5, 0.6) is 0 Å². The molecule has 0 atom stereocenters. The van der Waals surface area contributed by atoms with E-state index < -0.39 is 0 Å². The molecule has 0 aliphatic carbocycles. The van der Waals surface area contributed by atoms with Gasteiger partial charge in [-0.05, 0) is 31.2 Å². The Balaban J connectivity index is 1.69. The van der Waals surface area contributed by atoms with E-state index in [1.54, 1.807) is 18.3 Å². The summed E-state index contributed by atoms with van der Waals surface area (Å²) < 4.78 is 0. The van der Waals surface area contributed by atoms with Crippen LogP contribution in [0.3, 0.4) is 0 Å². The zero-order valence-corrected chi connectivity index (χ0v) is 12.3. The lowest BCUT2D eigenvalue weighted by Crippen LogP contribution is -2.31. The Bertz CT molecular complexity index is 644. The second-order valence-electron chi connectivity index (χ2n) is 4.73. The predicted octanol–water partition coefficient (Wildman–Crippen LogP) is 2.54. The molecular weight excluding hydrogens is 280 g/mol. The van der Waals surface area contributed by atoms with Gasteiger partial charge in [0, 0.05) is 36.2 Å². The van der Waals surface area contributed by atoms with Gasteiger partial charge in [-0.25, -0.2) is 4.79 Å². The third-order valence-electron chi connectivity index (χ3n) is 2.85. The standard InChI is InChI=1S/C16H18N4O2/c1-12-11-14(7-9-17-12)20-16(22)18-10-8-15(21)19-13-5-3-2-4-6-13/h2-7,9,11H,8,10H2,1H3,(H,19,21)(H2,17,18,20,22). The molecule has 3 amide bonds. The fourth-order valence-corrected chi connectivity index (χ4v) is 1.83. The first kappa shape index (κ1) is 15.5. The number of amides is 3. The van der Waals surface area contributed by atoms with E-state index in [9.17, 15) is 9.59 Å². The molecule has 0 bridgehead atoms. The van der Waals surface area contributed by atoms with Crippen molar-refractivity contribution in [3.63, 3.8) is 0 Å². The molecule has 0 saturated carbocycles. The van der Waals surface area contributed by atoms with Crippen molar-refractivity contribution in [1.29, 1.82) is 0 Å². The van der Waals surface area contributed by atoms with E-state index in [2.05, 4.69) is 20.9 Å². The van der Waals surface area contributed by atoms with Crippen LogP contribution in [0.15, 0.2) is 48.7 Å². The molecule has 114 valence electrons. The van der Waals surface area contributed by atoms with Crippen LogP contribution in [0.2, 0.25) is 0 Å². The maximum absolute atomic E-state index is 11.7. The molecule has 1 heterocycles. The number of hydrogen-bond donors (Lipinski definition) is 3. The molecule has 0 aliphatic heterocycles. The van der Waals surface area contributed by atoms with E-state index in [0.29, 0.717) is 5.69 Å². The highest BCUT2D eigenvalue weighted by atomic mass is 16.2. The first-order chi connectivity index (χ1) is 10.6. The van der Waals surface area contributed by atoms with Crippen molar-refractivity contribution in [2.45, 2.75) is 13.3 Å². The van der Waals surface area contributed by atoms with Gasteiger partial charge in [0.25, 0.3) is 0 Å². The first-order valence-corrected chi connectivity index (χ1v) is 6.96. The molecule has 0 fully saturated rings. The molecule has 0 saturated heterocycles. The minimum Gasteiger partial charge on any atom is -0.337 e. The van der Waals surface area contributed by atoms with Crippen LogP contribution in [-0.2, 0) is 4.79 Å². The summed E-state index contributed by atoms with van der Waals surface area (Å²) in [5, 5.41) is 8.07. The van der Waals surface area contributed by atoms with E-state index in [-0.39, 0.29) is 24.9 Å². The van der Waals surface area contributed by atoms with Crippen molar-refractivity contribution in [2.24, 2.45) is 0 Å². The van der Waals surface area contributed by atoms with Crippen molar-refractivity contribution in [1.82, 2.24) is 10.3 Å². The predicted molar refractivity (Wildman–Crippen MR) is 85.7 cm³/mol. The Morgan fingerprint density at radius 1 is 1.05 bits per heavy atom. The van der Waals surface area contributed by atoms with Crippen LogP contribution in [0.4, 0.5) is 16.2 Å². The van der Waals surface area contributed by atoms with E-state index in [1.165, 1.54) is 0 Å². The number of aromatic nitrogens is 1. The molecular formula is C16H18N4O2. The zero-order chi connectivity index (χ0) is 15.8. The van der Waals surface area contributed by atoms with Gasteiger partial charge in [0.1, 0.15) is 0 Å². The molecule has 0 spiro atoms. The van der Waals surface area contributed by atoms with Crippen LogP contribution in [0, 0.1) is 6.92 Å². The number of carbonyl (C=O) groups is 2. The number of anilines is 2. The number of rotatable bonds is 5. The Hall–Kier alpha value is -2.89. The van der Waals surface area contributed by atoms with Gasteiger partial charge in [-0.3, -0.25) is 9.78 Å². The molecule has 0 radical (unpaired) electrons. The van der Waals surface area contributed by atoms with Crippen LogP contribution < -0.4 is 16.0 Å². The molecule has 22 heavy (non-hydrogen) atoms. The SMILES string of the molecule is Cc1cc(NC(=O)NCCC(=O)Nc2ccccc2)ccn1. The fraction of sp³-hybridized carbons (Fsp3) is 0.188. The number of urea groups is 1. The molecule has 6 heteroatoms. The van der Waals surface area contributed by atoms with Crippen LogP contribution >= 0.6 is 0 Å². The number of aryl methyl sites for hydroxylation is 1. The highest BCUT2D eigenvalue weighted by Crippen LogP contribution is 2.07. The molecule has 1 aromatic carbocycles. The van der Waals surface area contributed by atoms with Gasteiger partial charge in [-0.1, -0.05) is 18.2 Å². The summed E-state index contributed by atoms with van der Waals surface area (Å²) in [4.78, 5) is 27.4. The van der Waals surface area contributed by atoms with Crippen molar-refractivity contribution in [2.75, 3.05) is 17.2 Å². The van der Waals surface area contributed by atoms with Crippen molar-refractivity contribution < 1.29 is 9.59 Å². The number of nitrogens with one attached hydrogen (secondary N) is 3. The number of para-hydroxylation sites is 1. The molecule has 6 nitrogen and oxygen atoms in total. The third-order valence-corrected chi connectivity index (χ3v) is 2.85.